The molecule has 0 saturated carbocycles. The number of nitrogens with one attached hydrogen (secondary N) is 1. The maximum atomic E-state index is 11.6. The standard InChI is InChI=1S/C19H25NO2/c1-3-4-10-19(21)20-13-6-9-15-7-5-8-16-11-12-17(22-2)14-18(15)16/h5,7-8,11-12,14H,3-4,6,9-10,13H2,1-2H3,(H,20,21). The summed E-state index contributed by atoms with van der Waals surface area (Å²) in [5.74, 6) is 1.05. The van der Waals surface area contributed by atoms with Gasteiger partial charge in [0.05, 0.1) is 7.11 Å². The SMILES string of the molecule is CCCCC(=O)NCCCc1cccc2ccc(OC)cc12. The van der Waals surface area contributed by atoms with Crippen molar-refractivity contribution in [2.45, 2.75) is 39.0 Å². The maximum absolute atomic E-state index is 11.6. The lowest BCUT2D eigenvalue weighted by molar-refractivity contribution is -0.121. The van der Waals surface area contributed by atoms with E-state index in [0.29, 0.717) is 6.42 Å². The largest absolute Gasteiger partial charge is 0.497 e. The number of carbonyl (C=O) groups is 1. The first kappa shape index (κ1) is 16.3. The second-order valence-corrected chi connectivity index (χ2v) is 5.56. The summed E-state index contributed by atoms with van der Waals surface area (Å²) < 4.78 is 5.31. The number of rotatable bonds is 8. The van der Waals surface area contributed by atoms with Crippen molar-refractivity contribution in [2.75, 3.05) is 13.7 Å². The highest BCUT2D eigenvalue weighted by Crippen LogP contribution is 2.24. The molecule has 0 aromatic heterocycles. The van der Waals surface area contributed by atoms with Gasteiger partial charge in [0.2, 0.25) is 5.91 Å². The van der Waals surface area contributed by atoms with Gasteiger partial charge in [0.15, 0.2) is 0 Å². The van der Waals surface area contributed by atoms with Crippen LogP contribution >= 0.6 is 0 Å². The fourth-order valence-electron chi connectivity index (χ4n) is 2.59. The number of carbonyl (C=O) groups excluding carboxylic acids is 1. The van der Waals surface area contributed by atoms with Gasteiger partial charge in [-0.3, -0.25) is 4.79 Å². The molecule has 0 atom stereocenters. The van der Waals surface area contributed by atoms with Gasteiger partial charge < -0.3 is 10.1 Å². The Morgan fingerprint density at radius 1 is 1.18 bits per heavy atom. The number of amides is 1. The zero-order chi connectivity index (χ0) is 15.8. The highest BCUT2D eigenvalue weighted by atomic mass is 16.5. The van der Waals surface area contributed by atoms with E-state index in [1.54, 1.807) is 7.11 Å². The Labute approximate surface area is 132 Å². The average molecular weight is 299 g/mol. The van der Waals surface area contributed by atoms with Crippen LogP contribution in [0.5, 0.6) is 5.75 Å². The van der Waals surface area contributed by atoms with Gasteiger partial charge in [0, 0.05) is 13.0 Å². The quantitative estimate of drug-likeness (QED) is 0.746. The Bertz CT molecular complexity index is 622. The number of fused-ring (bicyclic) bond motifs is 1. The van der Waals surface area contributed by atoms with Crippen LogP contribution in [0, 0.1) is 0 Å². The normalized spacial score (nSPS) is 10.6. The van der Waals surface area contributed by atoms with E-state index >= 15 is 0 Å². The molecule has 0 fully saturated rings. The first-order chi connectivity index (χ1) is 10.7. The molecule has 1 amide bonds. The van der Waals surface area contributed by atoms with Gasteiger partial charge in [-0.25, -0.2) is 0 Å². The van der Waals surface area contributed by atoms with E-state index in [0.717, 1.165) is 38.0 Å². The van der Waals surface area contributed by atoms with Crippen molar-refractivity contribution in [3.05, 3.63) is 42.0 Å². The third kappa shape index (κ3) is 4.48. The van der Waals surface area contributed by atoms with Crippen LogP contribution in [0.15, 0.2) is 36.4 Å². The number of methoxy groups -OCH3 is 1. The lowest BCUT2D eigenvalue weighted by Crippen LogP contribution is -2.24. The lowest BCUT2D eigenvalue weighted by atomic mass is 10.0. The first-order valence-electron chi connectivity index (χ1n) is 8.07. The van der Waals surface area contributed by atoms with Crippen LogP contribution in [-0.4, -0.2) is 19.6 Å². The molecule has 0 bridgehead atoms. The summed E-state index contributed by atoms with van der Waals surface area (Å²) in [7, 11) is 1.69. The van der Waals surface area contributed by atoms with Gasteiger partial charge in [0.1, 0.15) is 5.75 Å². The molecule has 3 nitrogen and oxygen atoms in total. The second-order valence-electron chi connectivity index (χ2n) is 5.56. The molecule has 0 aliphatic carbocycles. The zero-order valence-corrected chi connectivity index (χ0v) is 13.5. The van der Waals surface area contributed by atoms with Crippen molar-refractivity contribution in [3.63, 3.8) is 0 Å². The summed E-state index contributed by atoms with van der Waals surface area (Å²) in [5.41, 5.74) is 1.30. The topological polar surface area (TPSA) is 38.3 Å². The molecule has 3 heteroatoms. The molecular weight excluding hydrogens is 274 g/mol. The van der Waals surface area contributed by atoms with Crippen molar-refractivity contribution >= 4 is 16.7 Å². The molecule has 0 heterocycles. The van der Waals surface area contributed by atoms with E-state index in [4.69, 9.17) is 4.74 Å². The fourth-order valence-corrected chi connectivity index (χ4v) is 2.59. The summed E-state index contributed by atoms with van der Waals surface area (Å²) in [6, 6.07) is 12.5. The molecule has 0 radical (unpaired) electrons. The van der Waals surface area contributed by atoms with Gasteiger partial charge in [-0.15, -0.1) is 0 Å². The highest BCUT2D eigenvalue weighted by Gasteiger charge is 2.04. The van der Waals surface area contributed by atoms with E-state index in [1.807, 2.05) is 6.07 Å². The van der Waals surface area contributed by atoms with E-state index in [1.165, 1.54) is 16.3 Å². The van der Waals surface area contributed by atoms with Crippen LogP contribution in [0.3, 0.4) is 0 Å². The van der Waals surface area contributed by atoms with Crippen LogP contribution in [0.25, 0.3) is 10.8 Å². The van der Waals surface area contributed by atoms with Crippen LogP contribution in [-0.2, 0) is 11.2 Å². The minimum Gasteiger partial charge on any atom is -0.497 e. The molecular formula is C19H25NO2. The van der Waals surface area contributed by atoms with Gasteiger partial charge in [-0.1, -0.05) is 37.6 Å². The monoisotopic (exact) mass is 299 g/mol. The predicted octanol–water partition coefficient (Wildman–Crippen LogP) is 4.09. The Morgan fingerprint density at radius 3 is 2.82 bits per heavy atom. The number of hydrogen-bond acceptors (Lipinski definition) is 2. The molecule has 2 aromatic rings. The summed E-state index contributed by atoms with van der Waals surface area (Å²) >= 11 is 0. The van der Waals surface area contributed by atoms with Crippen LogP contribution in [0.4, 0.5) is 0 Å². The number of unbranched alkanes of at least 4 members (excludes halogenated alkanes) is 1. The van der Waals surface area contributed by atoms with Gasteiger partial charge in [-0.05, 0) is 47.7 Å². The van der Waals surface area contributed by atoms with Crippen molar-refractivity contribution in [3.8, 4) is 5.75 Å². The molecule has 0 spiro atoms. The summed E-state index contributed by atoms with van der Waals surface area (Å²) in [6.45, 7) is 2.84. The molecule has 118 valence electrons. The smallest absolute Gasteiger partial charge is 0.219 e. The third-order valence-corrected chi connectivity index (χ3v) is 3.88. The Kier molecular flexibility index (Phi) is 6.26. The molecule has 2 aromatic carbocycles. The number of aryl methyl sites for hydroxylation is 1. The molecule has 2 rings (SSSR count). The van der Waals surface area contributed by atoms with Crippen molar-refractivity contribution in [1.82, 2.24) is 5.32 Å². The minimum absolute atomic E-state index is 0.168. The molecule has 0 aliphatic heterocycles. The summed E-state index contributed by atoms with van der Waals surface area (Å²) in [4.78, 5) is 11.6. The molecule has 0 saturated heterocycles. The predicted molar refractivity (Wildman–Crippen MR) is 91.4 cm³/mol. The summed E-state index contributed by atoms with van der Waals surface area (Å²) in [6.07, 6.45) is 4.58. The fraction of sp³-hybridized carbons (Fsp3) is 0.421. The highest BCUT2D eigenvalue weighted by molar-refractivity contribution is 5.87. The Morgan fingerprint density at radius 2 is 2.05 bits per heavy atom. The summed E-state index contributed by atoms with van der Waals surface area (Å²) in [5, 5.41) is 5.46. The van der Waals surface area contributed by atoms with Crippen LogP contribution < -0.4 is 10.1 Å². The third-order valence-electron chi connectivity index (χ3n) is 3.88. The molecule has 1 N–H and O–H groups in total. The van der Waals surface area contributed by atoms with Gasteiger partial charge >= 0.3 is 0 Å². The second kappa shape index (κ2) is 8.42. The maximum Gasteiger partial charge on any atom is 0.219 e. The molecule has 22 heavy (non-hydrogen) atoms. The van der Waals surface area contributed by atoms with Crippen LogP contribution in [0.1, 0.15) is 38.2 Å². The van der Waals surface area contributed by atoms with E-state index < -0.39 is 0 Å². The number of ether oxygens (including phenoxy) is 1. The molecule has 0 unspecified atom stereocenters. The van der Waals surface area contributed by atoms with Crippen molar-refractivity contribution in [2.24, 2.45) is 0 Å². The number of benzene rings is 2. The van der Waals surface area contributed by atoms with Crippen molar-refractivity contribution in [1.29, 1.82) is 0 Å². The minimum atomic E-state index is 0.168. The Balaban J connectivity index is 1.92. The lowest BCUT2D eigenvalue weighted by Gasteiger charge is -2.09. The zero-order valence-electron chi connectivity index (χ0n) is 13.5. The number of hydrogen-bond donors (Lipinski definition) is 1. The van der Waals surface area contributed by atoms with E-state index in [-0.39, 0.29) is 5.91 Å². The first-order valence-corrected chi connectivity index (χ1v) is 8.07. The Hall–Kier alpha value is -2.03. The van der Waals surface area contributed by atoms with Crippen LogP contribution in [0.2, 0.25) is 0 Å². The van der Waals surface area contributed by atoms with E-state index in [2.05, 4.69) is 42.6 Å². The average Bonchev–Trinajstić information content (AvgIpc) is 2.56. The van der Waals surface area contributed by atoms with Gasteiger partial charge in [-0.2, -0.15) is 0 Å². The molecule has 0 aliphatic rings. The van der Waals surface area contributed by atoms with Gasteiger partial charge in [0.25, 0.3) is 0 Å². The van der Waals surface area contributed by atoms with E-state index in [9.17, 15) is 4.79 Å². The van der Waals surface area contributed by atoms with Crippen molar-refractivity contribution < 1.29 is 9.53 Å².